The molecule has 2 aromatic rings. The molecule has 32 heavy (non-hydrogen) atoms. The van der Waals surface area contributed by atoms with Crippen molar-refractivity contribution in [3.63, 3.8) is 0 Å². The van der Waals surface area contributed by atoms with Crippen molar-refractivity contribution < 1.29 is 14.3 Å². The first-order valence-corrected chi connectivity index (χ1v) is 11.4. The summed E-state index contributed by atoms with van der Waals surface area (Å²) in [7, 11) is 1.69. The van der Waals surface area contributed by atoms with Gasteiger partial charge < -0.3 is 20.1 Å². The Morgan fingerprint density at radius 1 is 1.22 bits per heavy atom. The highest BCUT2D eigenvalue weighted by Crippen LogP contribution is 2.42. The van der Waals surface area contributed by atoms with E-state index in [2.05, 4.69) is 22.4 Å². The molecule has 1 saturated carbocycles. The second-order valence-electron chi connectivity index (χ2n) is 9.06. The summed E-state index contributed by atoms with van der Waals surface area (Å²) in [5.41, 5.74) is 8.66. The number of halogens is 1. The molecule has 8 nitrogen and oxygen atoms in total. The third-order valence-electron chi connectivity index (χ3n) is 7.26. The second-order valence-corrected chi connectivity index (χ2v) is 9.06. The number of carbonyl (C=O) groups is 1. The quantitative estimate of drug-likeness (QED) is 0.755. The standard InChI is InChI=1S/C23H31N5O3.ClH/c1-30-19-6-7-20-16(14-19)8-13-31-23(20)9-11-27(12-10-23)22(29)21-15-28(26-25-21)18-4-2-17(24)3-5-18;/h6-7,14-15,17-18H,2-5,8-13,24H2,1H3;1H. The van der Waals surface area contributed by atoms with Crippen LogP contribution < -0.4 is 10.5 Å². The van der Waals surface area contributed by atoms with Crippen LogP contribution >= 0.6 is 12.4 Å². The number of fused-ring (bicyclic) bond motifs is 2. The van der Waals surface area contributed by atoms with Gasteiger partial charge in [0.05, 0.1) is 31.6 Å². The van der Waals surface area contributed by atoms with Crippen molar-refractivity contribution in [2.75, 3.05) is 26.8 Å². The molecule has 1 aromatic carbocycles. The lowest BCUT2D eigenvalue weighted by Crippen LogP contribution is -2.48. The fraction of sp³-hybridized carbons (Fsp3) is 0.609. The number of aromatic nitrogens is 3. The van der Waals surface area contributed by atoms with Crippen LogP contribution in [0.15, 0.2) is 24.4 Å². The van der Waals surface area contributed by atoms with Gasteiger partial charge in [-0.15, -0.1) is 17.5 Å². The summed E-state index contributed by atoms with van der Waals surface area (Å²) in [6.07, 6.45) is 8.25. The number of hydrogen-bond donors (Lipinski definition) is 1. The molecule has 1 spiro atoms. The molecule has 2 aliphatic heterocycles. The Morgan fingerprint density at radius 2 is 1.97 bits per heavy atom. The molecule has 2 fully saturated rings. The Hall–Kier alpha value is -2.16. The lowest BCUT2D eigenvalue weighted by atomic mass is 9.79. The number of amides is 1. The van der Waals surface area contributed by atoms with Crippen LogP contribution in [0, 0.1) is 0 Å². The van der Waals surface area contributed by atoms with Gasteiger partial charge in [0.1, 0.15) is 5.75 Å². The number of rotatable bonds is 3. The smallest absolute Gasteiger partial charge is 0.276 e. The minimum Gasteiger partial charge on any atom is -0.497 e. The van der Waals surface area contributed by atoms with Gasteiger partial charge in [-0.25, -0.2) is 4.68 Å². The van der Waals surface area contributed by atoms with E-state index in [1.54, 1.807) is 7.11 Å². The number of benzene rings is 1. The van der Waals surface area contributed by atoms with Gasteiger partial charge in [0, 0.05) is 19.1 Å². The monoisotopic (exact) mass is 461 g/mol. The molecule has 0 bridgehead atoms. The van der Waals surface area contributed by atoms with Gasteiger partial charge in [0.2, 0.25) is 0 Å². The number of ether oxygens (including phenoxy) is 2. The molecule has 1 amide bonds. The predicted octanol–water partition coefficient (Wildman–Crippen LogP) is 2.86. The molecule has 2 N–H and O–H groups in total. The maximum atomic E-state index is 13.1. The first-order chi connectivity index (χ1) is 15.1. The van der Waals surface area contributed by atoms with Crippen molar-refractivity contribution >= 4 is 18.3 Å². The minimum atomic E-state index is -0.310. The van der Waals surface area contributed by atoms with Crippen LogP contribution in [0.1, 0.15) is 66.2 Å². The van der Waals surface area contributed by atoms with Crippen molar-refractivity contribution in [2.45, 2.75) is 62.6 Å². The van der Waals surface area contributed by atoms with E-state index in [-0.39, 0.29) is 30.0 Å². The molecule has 9 heteroatoms. The molecule has 3 aliphatic rings. The van der Waals surface area contributed by atoms with E-state index in [0.29, 0.717) is 31.4 Å². The summed E-state index contributed by atoms with van der Waals surface area (Å²) in [6, 6.07) is 6.83. The molecular formula is C23H32ClN5O3. The lowest BCUT2D eigenvalue weighted by molar-refractivity contribution is -0.0935. The molecule has 3 heterocycles. The van der Waals surface area contributed by atoms with Crippen molar-refractivity contribution in [3.8, 4) is 5.75 Å². The maximum absolute atomic E-state index is 13.1. The number of piperidine rings is 1. The average Bonchev–Trinajstić information content (AvgIpc) is 3.30. The fourth-order valence-electron chi connectivity index (χ4n) is 5.35. The Morgan fingerprint density at radius 3 is 2.69 bits per heavy atom. The van der Waals surface area contributed by atoms with Gasteiger partial charge in [0.25, 0.3) is 5.91 Å². The first kappa shape index (κ1) is 23.0. The van der Waals surface area contributed by atoms with E-state index < -0.39 is 0 Å². The average molecular weight is 462 g/mol. The molecule has 0 atom stereocenters. The van der Waals surface area contributed by atoms with E-state index in [1.165, 1.54) is 11.1 Å². The Bertz CT molecular complexity index is 949. The molecule has 1 saturated heterocycles. The van der Waals surface area contributed by atoms with Gasteiger partial charge in [-0.05, 0) is 68.2 Å². The van der Waals surface area contributed by atoms with Crippen LogP contribution in [-0.2, 0) is 16.8 Å². The van der Waals surface area contributed by atoms with Crippen LogP contribution in [-0.4, -0.2) is 58.6 Å². The predicted molar refractivity (Wildman–Crippen MR) is 122 cm³/mol. The van der Waals surface area contributed by atoms with E-state index in [1.807, 2.05) is 21.8 Å². The van der Waals surface area contributed by atoms with Crippen molar-refractivity contribution in [1.29, 1.82) is 0 Å². The van der Waals surface area contributed by atoms with Crippen LogP contribution in [0.25, 0.3) is 0 Å². The topological polar surface area (TPSA) is 95.5 Å². The maximum Gasteiger partial charge on any atom is 0.276 e. The van der Waals surface area contributed by atoms with Gasteiger partial charge in [0.15, 0.2) is 5.69 Å². The number of nitrogens with zero attached hydrogens (tertiary/aromatic N) is 4. The van der Waals surface area contributed by atoms with Crippen LogP contribution in [0.3, 0.4) is 0 Å². The van der Waals surface area contributed by atoms with Crippen LogP contribution in [0.4, 0.5) is 0 Å². The zero-order valence-electron chi connectivity index (χ0n) is 18.5. The highest BCUT2D eigenvalue weighted by molar-refractivity contribution is 5.92. The minimum absolute atomic E-state index is 0. The lowest BCUT2D eigenvalue weighted by Gasteiger charge is -2.45. The third kappa shape index (κ3) is 4.23. The molecule has 1 aliphatic carbocycles. The number of carbonyl (C=O) groups excluding carboxylic acids is 1. The molecule has 1 aromatic heterocycles. The Kier molecular flexibility index (Phi) is 6.74. The highest BCUT2D eigenvalue weighted by Gasteiger charge is 2.42. The van der Waals surface area contributed by atoms with Gasteiger partial charge in [-0.3, -0.25) is 4.79 Å². The van der Waals surface area contributed by atoms with E-state index in [0.717, 1.165) is 50.7 Å². The normalized spacial score (nSPS) is 24.5. The molecule has 174 valence electrons. The van der Waals surface area contributed by atoms with Crippen LogP contribution in [0.5, 0.6) is 5.75 Å². The number of likely N-dealkylation sites (tertiary alicyclic amines) is 1. The fourth-order valence-corrected chi connectivity index (χ4v) is 5.35. The second kappa shape index (κ2) is 9.37. The molecule has 0 radical (unpaired) electrons. The first-order valence-electron chi connectivity index (χ1n) is 11.4. The largest absolute Gasteiger partial charge is 0.497 e. The summed E-state index contributed by atoms with van der Waals surface area (Å²) in [5, 5.41) is 8.44. The SMILES string of the molecule is COc1ccc2c(c1)CCOC21CCN(C(=O)c2cn(C3CCC(N)CC3)nn2)CC1.Cl. The number of hydrogen-bond acceptors (Lipinski definition) is 6. The van der Waals surface area contributed by atoms with E-state index in [9.17, 15) is 4.79 Å². The molecule has 5 rings (SSSR count). The number of methoxy groups -OCH3 is 1. The third-order valence-corrected chi connectivity index (χ3v) is 7.26. The van der Waals surface area contributed by atoms with E-state index >= 15 is 0 Å². The highest BCUT2D eigenvalue weighted by atomic mass is 35.5. The Labute approximate surface area is 194 Å². The van der Waals surface area contributed by atoms with Crippen molar-refractivity contribution in [1.82, 2.24) is 19.9 Å². The summed E-state index contributed by atoms with van der Waals surface area (Å²) in [4.78, 5) is 15.0. The Balaban J connectivity index is 0.00000245. The molecular weight excluding hydrogens is 430 g/mol. The summed E-state index contributed by atoms with van der Waals surface area (Å²) in [5.74, 6) is 0.839. The molecule has 0 unspecified atom stereocenters. The number of nitrogens with two attached hydrogens (primary N) is 1. The van der Waals surface area contributed by atoms with Crippen molar-refractivity contribution in [3.05, 3.63) is 41.2 Å². The van der Waals surface area contributed by atoms with E-state index in [4.69, 9.17) is 15.2 Å². The van der Waals surface area contributed by atoms with Crippen molar-refractivity contribution in [2.24, 2.45) is 5.73 Å². The van der Waals surface area contributed by atoms with Gasteiger partial charge in [-0.2, -0.15) is 0 Å². The summed E-state index contributed by atoms with van der Waals surface area (Å²) in [6.45, 7) is 2.00. The summed E-state index contributed by atoms with van der Waals surface area (Å²) < 4.78 is 13.6. The zero-order chi connectivity index (χ0) is 21.4. The van der Waals surface area contributed by atoms with Crippen LogP contribution in [0.2, 0.25) is 0 Å². The van der Waals surface area contributed by atoms with Gasteiger partial charge in [-0.1, -0.05) is 11.3 Å². The zero-order valence-corrected chi connectivity index (χ0v) is 19.4. The van der Waals surface area contributed by atoms with Gasteiger partial charge >= 0.3 is 0 Å². The summed E-state index contributed by atoms with van der Waals surface area (Å²) >= 11 is 0.